The number of amides is 1. The largest absolute Gasteiger partial charge is 0.481 e. The first-order chi connectivity index (χ1) is 24.5. The van der Waals surface area contributed by atoms with Crippen LogP contribution in [0.5, 0.6) is 0 Å². The zero-order chi connectivity index (χ0) is 36.4. The average molecular weight is 701 g/mol. The summed E-state index contributed by atoms with van der Waals surface area (Å²) in [5, 5.41) is 21.3. The molecule has 51 heavy (non-hydrogen) atoms. The van der Waals surface area contributed by atoms with Gasteiger partial charge < -0.3 is 29.7 Å². The highest BCUT2D eigenvalue weighted by molar-refractivity contribution is 5.77. The van der Waals surface area contributed by atoms with Gasteiger partial charge in [0.1, 0.15) is 11.6 Å². The fraction of sp³-hybridized carbons (Fsp3) is 0.488. The van der Waals surface area contributed by atoms with Gasteiger partial charge in [-0.2, -0.15) is 0 Å². The summed E-state index contributed by atoms with van der Waals surface area (Å²) in [7, 11) is 0. The van der Waals surface area contributed by atoms with Crippen LogP contribution in [-0.2, 0) is 41.7 Å². The van der Waals surface area contributed by atoms with E-state index in [0.29, 0.717) is 45.2 Å². The normalized spacial score (nSPS) is 20.9. The minimum Gasteiger partial charge on any atom is -0.481 e. The minimum atomic E-state index is -0.808. The van der Waals surface area contributed by atoms with E-state index in [0.717, 1.165) is 52.8 Å². The van der Waals surface area contributed by atoms with Gasteiger partial charge in [0, 0.05) is 37.9 Å². The number of nitrogens with one attached hydrogen (secondary N) is 1. The van der Waals surface area contributed by atoms with Crippen LogP contribution in [0.4, 0.5) is 0 Å². The molecular formula is C41H52N2O8. The molecule has 0 unspecified atom stereocenters. The Bertz CT molecular complexity index is 1600. The number of aliphatic carboxylic acids is 1. The van der Waals surface area contributed by atoms with Crippen molar-refractivity contribution >= 4 is 17.8 Å². The van der Waals surface area contributed by atoms with E-state index in [-0.39, 0.29) is 43.2 Å². The van der Waals surface area contributed by atoms with Crippen LogP contribution in [-0.4, -0.2) is 63.8 Å². The molecule has 2 aliphatic heterocycles. The number of benzene rings is 3. The van der Waals surface area contributed by atoms with E-state index in [1.807, 2.05) is 87.5 Å². The number of aliphatic hydroxyl groups is 1. The van der Waals surface area contributed by atoms with Crippen molar-refractivity contribution in [3.63, 3.8) is 0 Å². The molecule has 3 aromatic carbocycles. The fourth-order valence-corrected chi connectivity index (χ4v) is 6.70. The van der Waals surface area contributed by atoms with Crippen molar-refractivity contribution in [2.75, 3.05) is 13.1 Å². The number of aliphatic hydroxyl groups excluding tert-OH is 1. The van der Waals surface area contributed by atoms with Crippen LogP contribution in [0.25, 0.3) is 11.1 Å². The number of carboxylic acids is 1. The van der Waals surface area contributed by atoms with Gasteiger partial charge in [-0.3, -0.25) is 19.3 Å². The van der Waals surface area contributed by atoms with Gasteiger partial charge in [-0.1, -0.05) is 73.2 Å². The number of likely N-dealkylation sites (tertiary alicyclic amines) is 1. The summed E-state index contributed by atoms with van der Waals surface area (Å²) >= 11 is 0. The van der Waals surface area contributed by atoms with Crippen molar-refractivity contribution in [2.45, 2.75) is 115 Å². The van der Waals surface area contributed by atoms with E-state index in [1.54, 1.807) is 0 Å². The molecule has 0 spiro atoms. The number of nitrogens with zero attached hydrogens (tertiary/aromatic N) is 1. The Morgan fingerprint density at radius 1 is 0.882 bits per heavy atom. The third kappa shape index (κ3) is 11.5. The number of carbonyl (C=O) groups excluding carboxylic acids is 2. The number of hydrogen-bond donors (Lipinski definition) is 3. The quantitative estimate of drug-likeness (QED) is 0.115. The van der Waals surface area contributed by atoms with Crippen LogP contribution in [0.2, 0.25) is 0 Å². The fourth-order valence-electron chi connectivity index (χ4n) is 6.70. The van der Waals surface area contributed by atoms with Crippen molar-refractivity contribution in [1.82, 2.24) is 10.2 Å². The molecule has 3 N–H and O–H groups in total. The third-order valence-corrected chi connectivity index (χ3v) is 9.32. The molecule has 0 saturated carbocycles. The predicted molar refractivity (Wildman–Crippen MR) is 193 cm³/mol. The summed E-state index contributed by atoms with van der Waals surface area (Å²) in [4.78, 5) is 38.3. The molecule has 2 fully saturated rings. The smallest absolute Gasteiger partial charge is 0.323 e. The van der Waals surface area contributed by atoms with Gasteiger partial charge in [0.05, 0.1) is 18.8 Å². The first kappa shape index (κ1) is 38.1. The SMILES string of the molecule is CC(C)(C)OC(=O)[C@@H]1CCCN1C[C@@H]1C[C@H](c2ccc(CO)cc2)O[C@H](c2ccc(-c3cccc(CNC(=O)CCCCCC(=O)O)c3)cc2)O1. The van der Waals surface area contributed by atoms with Gasteiger partial charge in [-0.15, -0.1) is 0 Å². The standard InChI is InChI=1S/C41H52N2O8/c1-41(2,3)51-39(48)35-11-8-22-43(35)26-34-24-36(31-16-14-28(27-44)15-17-31)50-40(49-34)32-20-18-30(19-21-32)33-10-7-9-29(23-33)25-42-37(45)12-5-4-6-13-38(46)47/h7,9-10,14-21,23,34-36,40,44H,4-6,8,11-13,22,24-27H2,1-3H3,(H,42,45)(H,46,47)/t34-,35-,36+,40+/m0/s1. The van der Waals surface area contributed by atoms with Gasteiger partial charge in [-0.25, -0.2) is 0 Å². The van der Waals surface area contributed by atoms with E-state index in [1.165, 1.54) is 0 Å². The Kier molecular flexibility index (Phi) is 13.4. The average Bonchev–Trinajstić information content (AvgIpc) is 3.58. The van der Waals surface area contributed by atoms with Gasteiger partial charge in [0.15, 0.2) is 6.29 Å². The van der Waals surface area contributed by atoms with Crippen LogP contribution >= 0.6 is 0 Å². The minimum absolute atomic E-state index is 0.0251. The van der Waals surface area contributed by atoms with Crippen molar-refractivity contribution in [1.29, 1.82) is 0 Å². The molecule has 0 aliphatic carbocycles. The Morgan fingerprint density at radius 2 is 1.61 bits per heavy atom. The van der Waals surface area contributed by atoms with E-state index in [9.17, 15) is 19.5 Å². The summed E-state index contributed by atoms with van der Waals surface area (Å²) in [5.41, 5.74) is 5.21. The van der Waals surface area contributed by atoms with Crippen molar-refractivity contribution in [2.24, 2.45) is 0 Å². The highest BCUT2D eigenvalue weighted by Crippen LogP contribution is 2.39. The zero-order valence-electron chi connectivity index (χ0n) is 30.0. The van der Waals surface area contributed by atoms with Crippen molar-refractivity contribution in [3.8, 4) is 11.1 Å². The topological polar surface area (TPSA) is 135 Å². The van der Waals surface area contributed by atoms with Crippen molar-refractivity contribution < 1.29 is 38.8 Å². The summed E-state index contributed by atoms with van der Waals surface area (Å²) in [6.07, 6.45) is 3.75. The van der Waals surface area contributed by atoms with E-state index >= 15 is 0 Å². The second kappa shape index (κ2) is 17.9. The van der Waals surface area contributed by atoms with Gasteiger partial charge in [-0.05, 0) is 86.9 Å². The number of esters is 1. The molecule has 1 amide bonds. The predicted octanol–water partition coefficient (Wildman–Crippen LogP) is 6.85. The van der Waals surface area contributed by atoms with E-state index < -0.39 is 17.9 Å². The molecule has 0 radical (unpaired) electrons. The van der Waals surface area contributed by atoms with Gasteiger partial charge in [0.25, 0.3) is 0 Å². The maximum atomic E-state index is 13.1. The number of unbranched alkanes of at least 4 members (excludes halogenated alkanes) is 2. The van der Waals surface area contributed by atoms with Gasteiger partial charge >= 0.3 is 11.9 Å². The van der Waals surface area contributed by atoms with E-state index in [4.69, 9.17) is 19.3 Å². The Balaban J connectivity index is 1.25. The molecule has 2 aliphatic rings. The lowest BCUT2D eigenvalue weighted by atomic mass is 9.98. The lowest BCUT2D eigenvalue weighted by Gasteiger charge is -2.38. The van der Waals surface area contributed by atoms with E-state index in [2.05, 4.69) is 16.3 Å². The molecule has 2 heterocycles. The molecule has 2 saturated heterocycles. The molecule has 274 valence electrons. The molecule has 10 nitrogen and oxygen atoms in total. The number of rotatable bonds is 15. The monoisotopic (exact) mass is 700 g/mol. The molecule has 0 bridgehead atoms. The maximum absolute atomic E-state index is 13.1. The van der Waals surface area contributed by atoms with Crippen LogP contribution < -0.4 is 5.32 Å². The highest BCUT2D eigenvalue weighted by atomic mass is 16.7. The first-order valence-electron chi connectivity index (χ1n) is 18.1. The second-order valence-corrected chi connectivity index (χ2v) is 14.6. The molecule has 5 rings (SSSR count). The Morgan fingerprint density at radius 3 is 2.31 bits per heavy atom. The molecule has 3 aromatic rings. The van der Waals surface area contributed by atoms with Gasteiger partial charge in [0.2, 0.25) is 5.91 Å². The molecule has 10 heteroatoms. The number of hydrogen-bond acceptors (Lipinski definition) is 8. The van der Waals surface area contributed by atoms with Crippen LogP contribution in [0, 0.1) is 0 Å². The summed E-state index contributed by atoms with van der Waals surface area (Å²) < 4.78 is 18.9. The summed E-state index contributed by atoms with van der Waals surface area (Å²) in [5.74, 6) is -1.04. The Hall–Kier alpha value is -4.09. The molecule has 0 aromatic heterocycles. The lowest BCUT2D eigenvalue weighted by Crippen LogP contribution is -2.45. The second-order valence-electron chi connectivity index (χ2n) is 14.6. The zero-order valence-corrected chi connectivity index (χ0v) is 30.0. The Labute approximate surface area is 301 Å². The number of ether oxygens (including phenoxy) is 3. The summed E-state index contributed by atoms with van der Waals surface area (Å²) in [6.45, 7) is 7.45. The van der Waals surface area contributed by atoms with Crippen LogP contribution in [0.3, 0.4) is 0 Å². The number of carbonyl (C=O) groups is 3. The van der Waals surface area contributed by atoms with Crippen LogP contribution in [0.15, 0.2) is 72.8 Å². The highest BCUT2D eigenvalue weighted by Gasteiger charge is 2.39. The van der Waals surface area contributed by atoms with Crippen molar-refractivity contribution in [3.05, 3.63) is 95.1 Å². The number of carboxylic acid groups (broad SMARTS) is 1. The lowest BCUT2D eigenvalue weighted by molar-refractivity contribution is -0.253. The maximum Gasteiger partial charge on any atom is 0.323 e. The van der Waals surface area contributed by atoms with Crippen LogP contribution in [0.1, 0.15) is 107 Å². The third-order valence-electron chi connectivity index (χ3n) is 9.32. The molecular weight excluding hydrogens is 648 g/mol. The first-order valence-corrected chi connectivity index (χ1v) is 18.1. The summed E-state index contributed by atoms with van der Waals surface area (Å²) in [6, 6.07) is 23.7. The molecule has 4 atom stereocenters.